The van der Waals surface area contributed by atoms with Crippen molar-refractivity contribution >= 4 is 17.3 Å². The summed E-state index contributed by atoms with van der Waals surface area (Å²) >= 11 is 6.34. The summed E-state index contributed by atoms with van der Waals surface area (Å²) in [4.78, 5) is 0. The maximum absolute atomic E-state index is 6.34. The fourth-order valence-corrected chi connectivity index (χ4v) is 2.56. The highest BCUT2D eigenvalue weighted by Gasteiger charge is 2.12. The number of anilines is 1. The van der Waals surface area contributed by atoms with Gasteiger partial charge in [0.2, 0.25) is 0 Å². The summed E-state index contributed by atoms with van der Waals surface area (Å²) in [5, 5.41) is 8.63. The second-order valence-electron chi connectivity index (χ2n) is 4.86. The summed E-state index contributed by atoms with van der Waals surface area (Å²) in [6, 6.07) is 6.39. The van der Waals surface area contributed by atoms with Gasteiger partial charge in [-0.3, -0.25) is 4.68 Å². The smallest absolute Gasteiger partial charge is 0.0868 e. The Bertz CT molecular complexity index is 587. The third-order valence-corrected chi connectivity index (χ3v) is 3.77. The molecule has 2 aromatic rings. The molecule has 1 N–H and O–H groups in total. The van der Waals surface area contributed by atoms with Gasteiger partial charge in [-0.25, -0.2) is 0 Å². The van der Waals surface area contributed by atoms with Crippen LogP contribution in [-0.2, 0) is 20.0 Å². The van der Waals surface area contributed by atoms with Gasteiger partial charge in [0.1, 0.15) is 0 Å². The number of hydrogen-bond acceptors (Lipinski definition) is 2. The molecule has 0 aliphatic rings. The van der Waals surface area contributed by atoms with Gasteiger partial charge in [0.05, 0.1) is 23.0 Å². The van der Waals surface area contributed by atoms with Crippen molar-refractivity contribution in [3.8, 4) is 0 Å². The maximum atomic E-state index is 6.34. The largest absolute Gasteiger partial charge is 0.379 e. The molecule has 0 aliphatic carbocycles. The molecule has 0 saturated carbocycles. The summed E-state index contributed by atoms with van der Waals surface area (Å²) in [6.07, 6.45) is 0.857. The van der Waals surface area contributed by atoms with Crippen LogP contribution in [0.4, 0.5) is 5.69 Å². The van der Waals surface area contributed by atoms with Gasteiger partial charge >= 0.3 is 0 Å². The van der Waals surface area contributed by atoms with Crippen LogP contribution in [0.25, 0.3) is 0 Å². The summed E-state index contributed by atoms with van der Waals surface area (Å²) in [6.45, 7) is 6.96. The Balaban J connectivity index is 2.16. The van der Waals surface area contributed by atoms with Crippen LogP contribution in [-0.4, -0.2) is 9.78 Å². The molecule has 0 spiro atoms. The van der Waals surface area contributed by atoms with E-state index in [0.717, 1.165) is 28.5 Å². The quantitative estimate of drug-likeness (QED) is 0.919. The van der Waals surface area contributed by atoms with E-state index in [1.54, 1.807) is 0 Å². The molecular weight excluding hydrogens is 258 g/mol. The number of benzene rings is 1. The number of hydrogen-bond donors (Lipinski definition) is 1. The van der Waals surface area contributed by atoms with Crippen LogP contribution in [0.5, 0.6) is 0 Å². The molecule has 3 nitrogen and oxygen atoms in total. The highest BCUT2D eigenvalue weighted by atomic mass is 35.5. The molecule has 0 atom stereocenters. The number of rotatable bonds is 4. The average Bonchev–Trinajstić information content (AvgIpc) is 2.64. The number of halogens is 1. The lowest BCUT2D eigenvalue weighted by atomic mass is 10.1. The first-order valence-electron chi connectivity index (χ1n) is 6.54. The van der Waals surface area contributed by atoms with Crippen LogP contribution in [0, 0.1) is 13.8 Å². The van der Waals surface area contributed by atoms with Crippen molar-refractivity contribution < 1.29 is 0 Å². The topological polar surface area (TPSA) is 29.9 Å². The van der Waals surface area contributed by atoms with E-state index < -0.39 is 0 Å². The molecule has 1 aromatic heterocycles. The Morgan fingerprint density at radius 2 is 2.05 bits per heavy atom. The molecule has 0 bridgehead atoms. The molecule has 0 unspecified atom stereocenters. The minimum atomic E-state index is 0.687. The summed E-state index contributed by atoms with van der Waals surface area (Å²) < 4.78 is 1.86. The fourth-order valence-electron chi connectivity index (χ4n) is 2.20. The lowest BCUT2D eigenvalue weighted by Crippen LogP contribution is -2.06. The first-order valence-corrected chi connectivity index (χ1v) is 6.92. The standard InChI is InChI=1S/C15H20ClN3/c1-5-12-15(16)14(19(4)18-12)9-17-13-7-6-10(2)8-11(13)3/h6-8,17H,5,9H2,1-4H3. The zero-order chi connectivity index (χ0) is 14.0. The molecule has 0 radical (unpaired) electrons. The normalized spacial score (nSPS) is 10.8. The van der Waals surface area contributed by atoms with Crippen molar-refractivity contribution in [2.24, 2.45) is 7.05 Å². The van der Waals surface area contributed by atoms with Crippen LogP contribution < -0.4 is 5.32 Å². The second-order valence-corrected chi connectivity index (χ2v) is 5.23. The Labute approximate surface area is 119 Å². The Kier molecular flexibility index (Phi) is 4.15. The van der Waals surface area contributed by atoms with E-state index in [4.69, 9.17) is 11.6 Å². The van der Waals surface area contributed by atoms with Crippen LogP contribution in [0.1, 0.15) is 29.4 Å². The number of aryl methyl sites for hydroxylation is 4. The van der Waals surface area contributed by atoms with Gasteiger partial charge in [-0.2, -0.15) is 5.10 Å². The third-order valence-electron chi connectivity index (χ3n) is 3.33. The number of nitrogens with one attached hydrogen (secondary N) is 1. The fraction of sp³-hybridized carbons (Fsp3) is 0.400. The molecule has 2 rings (SSSR count). The molecule has 0 fully saturated rings. The Hall–Kier alpha value is -1.48. The van der Waals surface area contributed by atoms with Gasteiger partial charge in [0.25, 0.3) is 0 Å². The minimum absolute atomic E-state index is 0.687. The maximum Gasteiger partial charge on any atom is 0.0868 e. The zero-order valence-electron chi connectivity index (χ0n) is 11.9. The van der Waals surface area contributed by atoms with E-state index in [0.29, 0.717) is 6.54 Å². The number of nitrogens with zero attached hydrogens (tertiary/aromatic N) is 2. The van der Waals surface area contributed by atoms with Gasteiger partial charge in [-0.15, -0.1) is 0 Å². The summed E-state index contributed by atoms with van der Waals surface area (Å²) in [5.74, 6) is 0. The van der Waals surface area contributed by atoms with Crippen LogP contribution in [0.15, 0.2) is 18.2 Å². The van der Waals surface area contributed by atoms with Crippen LogP contribution >= 0.6 is 11.6 Å². The molecular formula is C15H20ClN3. The van der Waals surface area contributed by atoms with Gasteiger partial charge in [0.15, 0.2) is 0 Å². The third kappa shape index (κ3) is 2.92. The minimum Gasteiger partial charge on any atom is -0.379 e. The van der Waals surface area contributed by atoms with E-state index in [9.17, 15) is 0 Å². The molecule has 4 heteroatoms. The predicted octanol–water partition coefficient (Wildman–Crippen LogP) is 3.86. The monoisotopic (exact) mass is 277 g/mol. The first kappa shape index (κ1) is 13.9. The molecule has 0 amide bonds. The Morgan fingerprint density at radius 1 is 1.32 bits per heavy atom. The van der Waals surface area contributed by atoms with Crippen LogP contribution in [0.3, 0.4) is 0 Å². The van der Waals surface area contributed by atoms with Crippen molar-refractivity contribution in [1.82, 2.24) is 9.78 Å². The SMILES string of the molecule is CCc1nn(C)c(CNc2ccc(C)cc2C)c1Cl. The molecule has 0 saturated heterocycles. The van der Waals surface area contributed by atoms with E-state index in [-0.39, 0.29) is 0 Å². The highest BCUT2D eigenvalue weighted by Crippen LogP contribution is 2.23. The van der Waals surface area contributed by atoms with Crippen molar-refractivity contribution in [3.63, 3.8) is 0 Å². The number of aromatic nitrogens is 2. The molecule has 1 aromatic carbocycles. The van der Waals surface area contributed by atoms with E-state index in [2.05, 4.69) is 49.4 Å². The predicted molar refractivity (Wildman–Crippen MR) is 80.8 cm³/mol. The average molecular weight is 278 g/mol. The highest BCUT2D eigenvalue weighted by molar-refractivity contribution is 6.31. The summed E-state index contributed by atoms with van der Waals surface area (Å²) in [7, 11) is 1.93. The van der Waals surface area contributed by atoms with Gasteiger partial charge in [-0.05, 0) is 31.9 Å². The lowest BCUT2D eigenvalue weighted by molar-refractivity contribution is 0.707. The zero-order valence-corrected chi connectivity index (χ0v) is 12.7. The van der Waals surface area contributed by atoms with Gasteiger partial charge in [-0.1, -0.05) is 36.2 Å². The molecule has 102 valence electrons. The van der Waals surface area contributed by atoms with Gasteiger partial charge < -0.3 is 5.32 Å². The van der Waals surface area contributed by atoms with E-state index in [1.165, 1.54) is 11.1 Å². The lowest BCUT2D eigenvalue weighted by Gasteiger charge is -2.10. The van der Waals surface area contributed by atoms with E-state index in [1.807, 2.05) is 11.7 Å². The van der Waals surface area contributed by atoms with Crippen LogP contribution in [0.2, 0.25) is 5.02 Å². The van der Waals surface area contributed by atoms with Crippen molar-refractivity contribution in [1.29, 1.82) is 0 Å². The van der Waals surface area contributed by atoms with Crippen molar-refractivity contribution in [3.05, 3.63) is 45.7 Å². The van der Waals surface area contributed by atoms with E-state index >= 15 is 0 Å². The molecule has 0 aliphatic heterocycles. The second kappa shape index (κ2) is 5.66. The molecule has 19 heavy (non-hydrogen) atoms. The van der Waals surface area contributed by atoms with Crippen molar-refractivity contribution in [2.45, 2.75) is 33.7 Å². The van der Waals surface area contributed by atoms with Crippen molar-refractivity contribution in [2.75, 3.05) is 5.32 Å². The van der Waals surface area contributed by atoms with Gasteiger partial charge in [0, 0.05) is 12.7 Å². The Morgan fingerprint density at radius 3 is 2.63 bits per heavy atom. The summed E-state index contributed by atoms with van der Waals surface area (Å²) in [5.41, 5.74) is 5.64. The first-order chi connectivity index (χ1) is 9.02. The molecule has 1 heterocycles.